The van der Waals surface area contributed by atoms with Gasteiger partial charge in [-0.05, 0) is 45.7 Å². The van der Waals surface area contributed by atoms with E-state index in [9.17, 15) is 13.2 Å². The predicted molar refractivity (Wildman–Crippen MR) is 106 cm³/mol. The number of esters is 1. The topological polar surface area (TPSA) is 79.8 Å². The summed E-state index contributed by atoms with van der Waals surface area (Å²) in [5.74, 6) is -0.253. The molecule has 28 heavy (non-hydrogen) atoms. The molecular formula is C20H31N3O4S. The molecule has 1 aliphatic carbocycles. The lowest BCUT2D eigenvalue weighted by Crippen LogP contribution is -2.55. The summed E-state index contributed by atoms with van der Waals surface area (Å²) in [4.78, 5) is 19.1. The molecule has 2 heterocycles. The Balaban J connectivity index is 1.65. The number of hydrogen-bond acceptors (Lipinski definition) is 6. The van der Waals surface area contributed by atoms with E-state index in [1.165, 1.54) is 10.5 Å². The maximum Gasteiger partial charge on any atom is 0.311 e. The van der Waals surface area contributed by atoms with Crippen LogP contribution in [0.2, 0.25) is 0 Å². The number of carbonyl (C=O) groups excluding carboxylic acids is 1. The molecule has 8 heteroatoms. The number of sulfonamides is 1. The van der Waals surface area contributed by atoms with Crippen LogP contribution in [0.25, 0.3) is 0 Å². The highest BCUT2D eigenvalue weighted by Crippen LogP contribution is 2.32. The minimum absolute atomic E-state index is 0.123. The monoisotopic (exact) mass is 409 g/mol. The summed E-state index contributed by atoms with van der Waals surface area (Å²) in [7, 11) is -3.52. The smallest absolute Gasteiger partial charge is 0.311 e. The molecule has 0 N–H and O–H groups in total. The van der Waals surface area contributed by atoms with E-state index in [0.29, 0.717) is 26.2 Å². The molecule has 7 nitrogen and oxygen atoms in total. The molecule has 1 aromatic heterocycles. The van der Waals surface area contributed by atoms with Crippen molar-refractivity contribution < 1.29 is 17.9 Å². The van der Waals surface area contributed by atoms with Crippen molar-refractivity contribution in [2.24, 2.45) is 5.92 Å². The normalized spacial score (nSPS) is 25.4. The number of aromatic nitrogens is 1. The van der Waals surface area contributed by atoms with Gasteiger partial charge < -0.3 is 4.74 Å². The summed E-state index contributed by atoms with van der Waals surface area (Å²) in [5.41, 5.74) is -0.491. The molecule has 3 rings (SSSR count). The highest BCUT2D eigenvalue weighted by atomic mass is 32.2. The first-order valence-corrected chi connectivity index (χ1v) is 11.5. The van der Waals surface area contributed by atoms with Gasteiger partial charge in [0.15, 0.2) is 0 Å². The fourth-order valence-corrected chi connectivity index (χ4v) is 5.51. The van der Waals surface area contributed by atoms with Crippen LogP contribution in [0.1, 0.15) is 46.5 Å². The molecule has 0 spiro atoms. The Morgan fingerprint density at radius 2 is 1.82 bits per heavy atom. The maximum absolute atomic E-state index is 12.8. The fraction of sp³-hybridized carbons (Fsp3) is 0.700. The lowest BCUT2D eigenvalue weighted by atomic mass is 9.83. The summed E-state index contributed by atoms with van der Waals surface area (Å²) in [6.45, 7) is 7.79. The summed E-state index contributed by atoms with van der Waals surface area (Å²) in [6.07, 6.45) is 6.89. The Kier molecular flexibility index (Phi) is 6.41. The van der Waals surface area contributed by atoms with Crippen molar-refractivity contribution in [3.8, 4) is 0 Å². The summed E-state index contributed by atoms with van der Waals surface area (Å²) >= 11 is 0. The van der Waals surface area contributed by atoms with Crippen LogP contribution < -0.4 is 0 Å². The molecule has 1 saturated carbocycles. The van der Waals surface area contributed by atoms with E-state index in [1.54, 1.807) is 18.3 Å². The quantitative estimate of drug-likeness (QED) is 0.710. The third-order valence-corrected chi connectivity index (χ3v) is 7.34. The first-order chi connectivity index (χ1) is 13.2. The maximum atomic E-state index is 12.8. The van der Waals surface area contributed by atoms with Gasteiger partial charge in [0, 0.05) is 44.6 Å². The minimum Gasteiger partial charge on any atom is -0.460 e. The second-order valence-electron chi connectivity index (χ2n) is 8.62. The lowest BCUT2D eigenvalue weighted by molar-refractivity contribution is -0.164. The number of nitrogens with zero attached hydrogens (tertiary/aromatic N) is 3. The molecule has 1 aliphatic heterocycles. The molecule has 2 aliphatic rings. The second-order valence-corrected chi connectivity index (χ2v) is 10.6. The number of carbonyl (C=O) groups is 1. The summed E-state index contributed by atoms with van der Waals surface area (Å²) in [6, 6.07) is 3.34. The standard InChI is InChI=1S/C20H31N3O4S/c1-20(2,3)27-19(24)17-8-4-5-9-18(17)22-11-13-23(14-12-22)28(25,26)16-7-6-10-21-15-16/h6-7,10,15,17-18H,4-5,8-9,11-14H2,1-3H3/t17-,18-/m0/s1. The van der Waals surface area contributed by atoms with Gasteiger partial charge in [0.25, 0.3) is 0 Å². The van der Waals surface area contributed by atoms with Crippen molar-refractivity contribution in [3.05, 3.63) is 24.5 Å². The van der Waals surface area contributed by atoms with E-state index < -0.39 is 15.6 Å². The molecule has 0 aromatic carbocycles. The first-order valence-electron chi connectivity index (χ1n) is 10.1. The molecular weight excluding hydrogens is 378 g/mol. The summed E-state index contributed by atoms with van der Waals surface area (Å²) < 4.78 is 32.8. The molecule has 0 unspecified atom stereocenters. The zero-order valence-corrected chi connectivity index (χ0v) is 17.8. The Bertz CT molecular complexity index is 768. The van der Waals surface area contributed by atoms with Crippen LogP contribution in [-0.4, -0.2) is 66.4 Å². The number of hydrogen-bond donors (Lipinski definition) is 0. The van der Waals surface area contributed by atoms with Gasteiger partial charge in [-0.15, -0.1) is 0 Å². The Hall–Kier alpha value is -1.51. The highest BCUT2D eigenvalue weighted by molar-refractivity contribution is 7.89. The van der Waals surface area contributed by atoms with Crippen LogP contribution in [0.3, 0.4) is 0 Å². The molecule has 1 aromatic rings. The SMILES string of the molecule is CC(C)(C)OC(=O)[C@H]1CCCC[C@@H]1N1CCN(S(=O)(=O)c2cccnc2)CC1. The predicted octanol–water partition coefficient (Wildman–Crippen LogP) is 2.29. The fourth-order valence-electron chi connectivity index (χ4n) is 4.13. The third kappa shape index (κ3) is 4.90. The molecule has 0 amide bonds. The molecule has 0 bridgehead atoms. The van der Waals surface area contributed by atoms with Gasteiger partial charge in [-0.25, -0.2) is 8.42 Å². The first kappa shape index (κ1) is 21.2. The number of piperazine rings is 1. The van der Waals surface area contributed by atoms with E-state index in [1.807, 2.05) is 20.8 Å². The van der Waals surface area contributed by atoms with Crippen LogP contribution >= 0.6 is 0 Å². The van der Waals surface area contributed by atoms with E-state index in [0.717, 1.165) is 25.7 Å². The van der Waals surface area contributed by atoms with Gasteiger partial charge >= 0.3 is 5.97 Å². The van der Waals surface area contributed by atoms with E-state index in [4.69, 9.17) is 4.74 Å². The Morgan fingerprint density at radius 1 is 1.14 bits per heavy atom. The molecule has 0 radical (unpaired) electrons. The van der Waals surface area contributed by atoms with Crippen molar-refractivity contribution in [1.29, 1.82) is 0 Å². The van der Waals surface area contributed by atoms with Crippen molar-refractivity contribution >= 4 is 16.0 Å². The molecule has 2 fully saturated rings. The Labute approximate surface area is 168 Å². The third-order valence-electron chi connectivity index (χ3n) is 5.45. The average molecular weight is 410 g/mol. The van der Waals surface area contributed by atoms with E-state index in [-0.39, 0.29) is 22.8 Å². The average Bonchev–Trinajstić information content (AvgIpc) is 2.67. The van der Waals surface area contributed by atoms with Crippen LogP contribution in [0.15, 0.2) is 29.4 Å². The van der Waals surface area contributed by atoms with Crippen molar-refractivity contribution in [3.63, 3.8) is 0 Å². The van der Waals surface area contributed by atoms with Gasteiger partial charge in [-0.3, -0.25) is 14.7 Å². The minimum atomic E-state index is -3.52. The summed E-state index contributed by atoms with van der Waals surface area (Å²) in [5, 5.41) is 0. The zero-order valence-electron chi connectivity index (χ0n) is 17.0. The largest absolute Gasteiger partial charge is 0.460 e. The van der Waals surface area contributed by atoms with Gasteiger partial charge in [0.1, 0.15) is 10.5 Å². The van der Waals surface area contributed by atoms with Gasteiger partial charge in [-0.2, -0.15) is 4.31 Å². The van der Waals surface area contributed by atoms with Gasteiger partial charge in [0.2, 0.25) is 10.0 Å². The van der Waals surface area contributed by atoms with E-state index in [2.05, 4.69) is 9.88 Å². The molecule has 156 valence electrons. The number of rotatable bonds is 4. The number of pyridine rings is 1. The molecule has 1 saturated heterocycles. The molecule has 2 atom stereocenters. The Morgan fingerprint density at radius 3 is 2.43 bits per heavy atom. The van der Waals surface area contributed by atoms with Crippen molar-refractivity contribution in [1.82, 2.24) is 14.2 Å². The van der Waals surface area contributed by atoms with Crippen LogP contribution in [0.4, 0.5) is 0 Å². The van der Waals surface area contributed by atoms with Crippen LogP contribution in [0, 0.1) is 5.92 Å². The van der Waals surface area contributed by atoms with E-state index >= 15 is 0 Å². The van der Waals surface area contributed by atoms with Crippen LogP contribution in [0.5, 0.6) is 0 Å². The lowest BCUT2D eigenvalue weighted by Gasteiger charge is -2.43. The van der Waals surface area contributed by atoms with Crippen molar-refractivity contribution in [2.45, 2.75) is 63.0 Å². The van der Waals surface area contributed by atoms with Gasteiger partial charge in [0.05, 0.1) is 5.92 Å². The number of ether oxygens (including phenoxy) is 1. The van der Waals surface area contributed by atoms with Crippen molar-refractivity contribution in [2.75, 3.05) is 26.2 Å². The van der Waals surface area contributed by atoms with Gasteiger partial charge in [-0.1, -0.05) is 12.8 Å². The highest BCUT2D eigenvalue weighted by Gasteiger charge is 2.39. The second kappa shape index (κ2) is 8.47. The van der Waals surface area contributed by atoms with Crippen LogP contribution in [-0.2, 0) is 19.6 Å². The zero-order chi connectivity index (χ0) is 20.4.